The summed E-state index contributed by atoms with van der Waals surface area (Å²) in [6, 6.07) is 8.50. The second kappa shape index (κ2) is 9.85. The summed E-state index contributed by atoms with van der Waals surface area (Å²) < 4.78 is 0. The third kappa shape index (κ3) is 6.51. The summed E-state index contributed by atoms with van der Waals surface area (Å²) in [5.74, 6) is -1.49. The largest absolute Gasteiger partial charge is 0.368 e. The molecule has 3 atom stereocenters. The minimum Gasteiger partial charge on any atom is -0.368 e. The predicted molar refractivity (Wildman–Crippen MR) is 100 cm³/mol. The first-order valence-electron chi connectivity index (χ1n) is 9.31. The minimum absolute atomic E-state index is 0.0120. The number of nitrogens with two attached hydrogens (primary N) is 1. The van der Waals surface area contributed by atoms with Crippen molar-refractivity contribution < 1.29 is 19.2 Å². The molecule has 4 N–H and O–H groups in total. The molecule has 0 aliphatic heterocycles. The van der Waals surface area contributed by atoms with Crippen molar-refractivity contribution in [2.75, 3.05) is 0 Å². The van der Waals surface area contributed by atoms with Crippen LogP contribution in [0.3, 0.4) is 0 Å². The number of carbonyl (C=O) groups excluding carboxylic acids is 4. The number of hydrogen-bond donors (Lipinski definition) is 3. The number of Topliss-reactive ketones (excluding diaryl/α,β-unsaturated/α-hetero) is 1. The van der Waals surface area contributed by atoms with Gasteiger partial charge in [0.25, 0.3) is 0 Å². The molecular formula is C20H27N3O4. The van der Waals surface area contributed by atoms with Crippen LogP contribution in [0.5, 0.6) is 0 Å². The molecule has 0 unspecified atom stereocenters. The van der Waals surface area contributed by atoms with Crippen molar-refractivity contribution in [2.24, 2.45) is 11.7 Å². The Bertz CT molecular complexity index is 690. The van der Waals surface area contributed by atoms with Gasteiger partial charge in [0.2, 0.25) is 17.7 Å². The second-order valence-corrected chi connectivity index (χ2v) is 7.04. The molecular weight excluding hydrogens is 346 g/mol. The predicted octanol–water partition coefficient (Wildman–Crippen LogP) is 1.37. The summed E-state index contributed by atoms with van der Waals surface area (Å²) in [7, 11) is 0. The smallest absolute Gasteiger partial charge is 0.240 e. The molecule has 7 nitrogen and oxygen atoms in total. The van der Waals surface area contributed by atoms with Gasteiger partial charge in [-0.1, -0.05) is 30.3 Å². The average molecular weight is 373 g/mol. The summed E-state index contributed by atoms with van der Waals surface area (Å²) >= 11 is 0. The van der Waals surface area contributed by atoms with E-state index in [2.05, 4.69) is 10.6 Å². The van der Waals surface area contributed by atoms with Crippen LogP contribution in [0.1, 0.15) is 57.1 Å². The second-order valence-electron chi connectivity index (χ2n) is 7.04. The van der Waals surface area contributed by atoms with Gasteiger partial charge in [0.05, 0.1) is 6.04 Å². The van der Waals surface area contributed by atoms with E-state index in [9.17, 15) is 19.2 Å². The molecule has 0 radical (unpaired) electrons. The zero-order valence-electron chi connectivity index (χ0n) is 15.6. The molecule has 146 valence electrons. The molecule has 0 heterocycles. The average Bonchev–Trinajstić information content (AvgIpc) is 2.65. The van der Waals surface area contributed by atoms with E-state index in [0.717, 1.165) is 5.56 Å². The highest BCUT2D eigenvalue weighted by molar-refractivity contribution is 5.89. The van der Waals surface area contributed by atoms with E-state index in [0.29, 0.717) is 19.3 Å². The molecule has 3 amide bonds. The van der Waals surface area contributed by atoms with E-state index in [-0.39, 0.29) is 42.9 Å². The van der Waals surface area contributed by atoms with Gasteiger partial charge in [0.1, 0.15) is 11.8 Å². The van der Waals surface area contributed by atoms with Crippen molar-refractivity contribution in [3.05, 3.63) is 35.9 Å². The van der Waals surface area contributed by atoms with Gasteiger partial charge in [0, 0.05) is 25.7 Å². The van der Waals surface area contributed by atoms with Gasteiger partial charge in [-0.25, -0.2) is 0 Å². The number of amides is 3. The third-order valence-corrected chi connectivity index (χ3v) is 4.87. The highest BCUT2D eigenvalue weighted by Gasteiger charge is 2.32. The lowest BCUT2D eigenvalue weighted by molar-refractivity contribution is -0.131. The first kappa shape index (κ1) is 20.6. The van der Waals surface area contributed by atoms with Crippen LogP contribution in [-0.2, 0) is 19.2 Å². The fourth-order valence-electron chi connectivity index (χ4n) is 3.38. The molecule has 1 saturated carbocycles. The van der Waals surface area contributed by atoms with Crippen LogP contribution in [0.2, 0.25) is 0 Å². The number of hydrogen-bond acceptors (Lipinski definition) is 4. The molecule has 0 saturated heterocycles. The Kier molecular flexibility index (Phi) is 7.52. The lowest BCUT2D eigenvalue weighted by atomic mass is 9.83. The van der Waals surface area contributed by atoms with Crippen molar-refractivity contribution in [1.29, 1.82) is 0 Å². The van der Waals surface area contributed by atoms with E-state index in [1.807, 2.05) is 37.3 Å². The summed E-state index contributed by atoms with van der Waals surface area (Å²) in [5.41, 5.74) is 6.38. The van der Waals surface area contributed by atoms with Gasteiger partial charge < -0.3 is 16.4 Å². The Morgan fingerprint density at radius 1 is 1.11 bits per heavy atom. The van der Waals surface area contributed by atoms with Crippen LogP contribution < -0.4 is 16.4 Å². The maximum atomic E-state index is 12.2. The van der Waals surface area contributed by atoms with E-state index in [1.165, 1.54) is 0 Å². The Labute approximate surface area is 159 Å². The van der Waals surface area contributed by atoms with Crippen LogP contribution in [0, 0.1) is 5.92 Å². The molecule has 27 heavy (non-hydrogen) atoms. The van der Waals surface area contributed by atoms with Gasteiger partial charge in [-0.3, -0.25) is 19.2 Å². The van der Waals surface area contributed by atoms with Crippen molar-refractivity contribution >= 4 is 23.5 Å². The van der Waals surface area contributed by atoms with Gasteiger partial charge in [-0.2, -0.15) is 0 Å². The molecule has 0 aromatic heterocycles. The zero-order valence-corrected chi connectivity index (χ0v) is 15.6. The topological polar surface area (TPSA) is 118 Å². The van der Waals surface area contributed by atoms with Crippen molar-refractivity contribution in [2.45, 2.75) is 57.5 Å². The molecule has 1 aromatic rings. The van der Waals surface area contributed by atoms with Crippen LogP contribution in [0.25, 0.3) is 0 Å². The fourth-order valence-corrected chi connectivity index (χ4v) is 3.38. The van der Waals surface area contributed by atoms with Crippen molar-refractivity contribution in [1.82, 2.24) is 10.6 Å². The van der Waals surface area contributed by atoms with Gasteiger partial charge in [-0.15, -0.1) is 0 Å². The highest BCUT2D eigenvalue weighted by Crippen LogP contribution is 2.24. The molecule has 2 rings (SSSR count). The standard InChI is InChI=1S/C20H27N3O4/c1-13(14-6-3-2-4-7-14)22-17(25)10-11-18(26)23-19(20(21)27)15-8-5-9-16(24)12-15/h2-4,6-7,13,15,19H,5,8-12H2,1H3,(H2,21,27)(H,22,25)(H,23,26)/t13-,15-,19+/m1/s1. The number of ketones is 1. The molecule has 1 aliphatic carbocycles. The summed E-state index contributed by atoms with van der Waals surface area (Å²) in [4.78, 5) is 47.5. The Hall–Kier alpha value is -2.70. The molecule has 0 bridgehead atoms. The fraction of sp³-hybridized carbons (Fsp3) is 0.500. The molecule has 1 aliphatic rings. The molecule has 0 spiro atoms. The summed E-state index contributed by atoms with van der Waals surface area (Å²) in [5, 5.41) is 5.44. The van der Waals surface area contributed by atoms with E-state index < -0.39 is 17.9 Å². The highest BCUT2D eigenvalue weighted by atomic mass is 16.2. The SMILES string of the molecule is C[C@@H](NC(=O)CCC(=O)N[C@H](C(N)=O)[C@@H]1CCCC(=O)C1)c1ccccc1. The van der Waals surface area contributed by atoms with Crippen LogP contribution in [0.15, 0.2) is 30.3 Å². The van der Waals surface area contributed by atoms with Crippen LogP contribution >= 0.6 is 0 Å². The quantitative estimate of drug-likeness (QED) is 0.638. The third-order valence-electron chi connectivity index (χ3n) is 4.87. The zero-order chi connectivity index (χ0) is 19.8. The lowest BCUT2D eigenvalue weighted by Gasteiger charge is -2.28. The number of benzene rings is 1. The van der Waals surface area contributed by atoms with E-state index in [4.69, 9.17) is 5.73 Å². The van der Waals surface area contributed by atoms with Crippen LogP contribution in [0.4, 0.5) is 0 Å². The molecule has 1 aromatic carbocycles. The van der Waals surface area contributed by atoms with E-state index >= 15 is 0 Å². The summed E-state index contributed by atoms with van der Waals surface area (Å²) in [6.45, 7) is 1.87. The summed E-state index contributed by atoms with van der Waals surface area (Å²) in [6.07, 6.45) is 2.10. The molecule has 1 fully saturated rings. The maximum absolute atomic E-state index is 12.2. The number of primary amides is 1. The van der Waals surface area contributed by atoms with Gasteiger partial charge in [0.15, 0.2) is 0 Å². The minimum atomic E-state index is -0.868. The normalized spacial score (nSPS) is 19.0. The van der Waals surface area contributed by atoms with Crippen LogP contribution in [-0.4, -0.2) is 29.5 Å². The van der Waals surface area contributed by atoms with Gasteiger partial charge in [-0.05, 0) is 31.2 Å². The number of rotatable bonds is 8. The Balaban J connectivity index is 1.80. The molecule has 7 heteroatoms. The van der Waals surface area contributed by atoms with Gasteiger partial charge >= 0.3 is 0 Å². The van der Waals surface area contributed by atoms with Crippen molar-refractivity contribution in [3.8, 4) is 0 Å². The number of nitrogens with one attached hydrogen (secondary N) is 2. The van der Waals surface area contributed by atoms with E-state index in [1.54, 1.807) is 0 Å². The first-order valence-corrected chi connectivity index (χ1v) is 9.31. The number of carbonyl (C=O) groups is 4. The van der Waals surface area contributed by atoms with Crippen molar-refractivity contribution in [3.63, 3.8) is 0 Å². The Morgan fingerprint density at radius 2 is 1.74 bits per heavy atom. The lowest BCUT2D eigenvalue weighted by Crippen LogP contribution is -2.50. The monoisotopic (exact) mass is 373 g/mol. The maximum Gasteiger partial charge on any atom is 0.240 e. The Morgan fingerprint density at radius 3 is 2.33 bits per heavy atom. The first-order chi connectivity index (χ1) is 12.9.